The highest BCUT2D eigenvalue weighted by atomic mass is 16.5. The summed E-state index contributed by atoms with van der Waals surface area (Å²) in [7, 11) is 1.20. The van der Waals surface area contributed by atoms with Gasteiger partial charge in [-0.15, -0.1) is 0 Å². The first-order valence-electron chi connectivity index (χ1n) is 5.38. The van der Waals surface area contributed by atoms with Crippen LogP contribution in [0.3, 0.4) is 0 Å². The summed E-state index contributed by atoms with van der Waals surface area (Å²) in [5, 5.41) is 0. The van der Waals surface area contributed by atoms with E-state index in [0.717, 1.165) is 4.90 Å². The lowest BCUT2D eigenvalue weighted by Crippen LogP contribution is -2.32. The van der Waals surface area contributed by atoms with E-state index in [1.54, 1.807) is 6.92 Å². The van der Waals surface area contributed by atoms with Crippen molar-refractivity contribution in [3.63, 3.8) is 0 Å². The number of rotatable bonds is 5. The smallest absolute Gasteiger partial charge is 0.313 e. The van der Waals surface area contributed by atoms with Crippen molar-refractivity contribution in [1.29, 1.82) is 0 Å². The van der Waals surface area contributed by atoms with Crippen LogP contribution in [0.2, 0.25) is 0 Å². The van der Waals surface area contributed by atoms with Crippen LogP contribution >= 0.6 is 0 Å². The van der Waals surface area contributed by atoms with Crippen molar-refractivity contribution in [2.75, 3.05) is 13.7 Å². The minimum atomic E-state index is -0.609. The van der Waals surface area contributed by atoms with Crippen molar-refractivity contribution in [3.8, 4) is 0 Å². The molecular formula is C11H15NO5. The van der Waals surface area contributed by atoms with Crippen molar-refractivity contribution < 1.29 is 23.9 Å². The Labute approximate surface area is 98.9 Å². The van der Waals surface area contributed by atoms with Gasteiger partial charge in [0.2, 0.25) is 11.8 Å². The van der Waals surface area contributed by atoms with Gasteiger partial charge in [0.05, 0.1) is 7.11 Å². The van der Waals surface area contributed by atoms with Gasteiger partial charge >= 0.3 is 5.97 Å². The lowest BCUT2D eigenvalue weighted by molar-refractivity contribution is -0.143. The minimum absolute atomic E-state index is 0.000694. The number of nitrogens with zero attached hydrogens (tertiary/aromatic N) is 1. The maximum absolute atomic E-state index is 11.5. The number of likely N-dealkylation sites (tertiary alicyclic amines) is 1. The molecule has 1 saturated heterocycles. The molecule has 1 rings (SSSR count). The maximum Gasteiger partial charge on any atom is 0.313 e. The third kappa shape index (κ3) is 3.37. The second-order valence-electron chi connectivity index (χ2n) is 4.03. The predicted octanol–water partition coefficient (Wildman–Crippen LogP) is -0.0963. The van der Waals surface area contributed by atoms with Gasteiger partial charge in [0.1, 0.15) is 12.2 Å². The van der Waals surface area contributed by atoms with Gasteiger partial charge in [-0.05, 0) is 0 Å². The van der Waals surface area contributed by atoms with E-state index in [2.05, 4.69) is 4.74 Å². The number of ether oxygens (including phenoxy) is 1. The van der Waals surface area contributed by atoms with Crippen molar-refractivity contribution >= 4 is 23.6 Å². The molecular weight excluding hydrogens is 226 g/mol. The highest BCUT2D eigenvalue weighted by Gasteiger charge is 2.35. The quantitative estimate of drug-likeness (QED) is 0.381. The standard InChI is InChI=1S/C11H15NO5/c1-7-5-9(14)12(11(7)16)4-3-8(13)6-10(15)17-2/h7H,3-6H2,1-2H3. The molecule has 1 unspecified atom stereocenters. The molecule has 0 radical (unpaired) electrons. The van der Waals surface area contributed by atoms with Crippen molar-refractivity contribution in [3.05, 3.63) is 0 Å². The zero-order valence-corrected chi connectivity index (χ0v) is 9.89. The summed E-state index contributed by atoms with van der Waals surface area (Å²) in [6.45, 7) is 1.73. The fraction of sp³-hybridized carbons (Fsp3) is 0.636. The molecule has 0 aromatic heterocycles. The SMILES string of the molecule is COC(=O)CC(=O)CCN1C(=O)CC(C)C1=O. The second-order valence-corrected chi connectivity index (χ2v) is 4.03. The highest BCUT2D eigenvalue weighted by molar-refractivity contribution is 6.04. The van der Waals surface area contributed by atoms with Gasteiger partial charge in [0.15, 0.2) is 0 Å². The van der Waals surface area contributed by atoms with Crippen molar-refractivity contribution in [1.82, 2.24) is 4.90 Å². The summed E-state index contributed by atoms with van der Waals surface area (Å²) >= 11 is 0. The summed E-state index contributed by atoms with van der Waals surface area (Å²) in [6, 6.07) is 0. The number of esters is 1. The summed E-state index contributed by atoms with van der Waals surface area (Å²) in [6.07, 6.45) is -0.119. The van der Waals surface area contributed by atoms with E-state index in [1.807, 2.05) is 0 Å². The molecule has 1 atom stereocenters. The molecule has 1 fully saturated rings. The zero-order valence-electron chi connectivity index (χ0n) is 9.89. The zero-order chi connectivity index (χ0) is 13.0. The third-order valence-corrected chi connectivity index (χ3v) is 2.65. The molecule has 0 aromatic carbocycles. The van der Waals surface area contributed by atoms with Gasteiger partial charge in [0.25, 0.3) is 0 Å². The Balaban J connectivity index is 2.41. The van der Waals surface area contributed by atoms with Crippen molar-refractivity contribution in [2.45, 2.75) is 26.2 Å². The largest absolute Gasteiger partial charge is 0.469 e. The normalized spacial score (nSPS) is 19.6. The number of hydrogen-bond acceptors (Lipinski definition) is 5. The van der Waals surface area contributed by atoms with E-state index in [1.165, 1.54) is 7.11 Å². The molecule has 2 amide bonds. The van der Waals surface area contributed by atoms with E-state index < -0.39 is 5.97 Å². The molecule has 0 spiro atoms. The maximum atomic E-state index is 11.5. The van der Waals surface area contributed by atoms with Crippen LogP contribution in [0.4, 0.5) is 0 Å². The van der Waals surface area contributed by atoms with E-state index in [9.17, 15) is 19.2 Å². The molecule has 0 bridgehead atoms. The summed E-state index contributed by atoms with van der Waals surface area (Å²) < 4.78 is 4.34. The molecule has 6 nitrogen and oxygen atoms in total. The fourth-order valence-corrected chi connectivity index (χ4v) is 1.64. The summed E-state index contributed by atoms with van der Waals surface area (Å²) in [5.41, 5.74) is 0. The number of ketones is 1. The van der Waals surface area contributed by atoms with E-state index in [-0.39, 0.29) is 49.3 Å². The molecule has 1 aliphatic rings. The number of Topliss-reactive ketones (excluding diaryl/α,β-unsaturated/α-hetero) is 1. The van der Waals surface area contributed by atoms with E-state index in [4.69, 9.17) is 0 Å². The number of hydrogen-bond donors (Lipinski definition) is 0. The average molecular weight is 241 g/mol. The number of carbonyl (C=O) groups excluding carboxylic acids is 4. The highest BCUT2D eigenvalue weighted by Crippen LogP contribution is 2.18. The molecule has 17 heavy (non-hydrogen) atoms. The predicted molar refractivity (Wildman–Crippen MR) is 56.8 cm³/mol. The second kappa shape index (κ2) is 5.56. The molecule has 94 valence electrons. The topological polar surface area (TPSA) is 80.8 Å². The Hall–Kier alpha value is -1.72. The van der Waals surface area contributed by atoms with E-state index >= 15 is 0 Å². The van der Waals surface area contributed by atoms with Gasteiger partial charge in [-0.3, -0.25) is 24.1 Å². The van der Waals surface area contributed by atoms with Crippen LogP contribution in [0.1, 0.15) is 26.2 Å². The van der Waals surface area contributed by atoms with Gasteiger partial charge < -0.3 is 4.74 Å². The monoisotopic (exact) mass is 241 g/mol. The Morgan fingerprint density at radius 2 is 2.06 bits per heavy atom. The first-order chi connectivity index (χ1) is 7.95. The number of carbonyl (C=O) groups is 4. The number of imide groups is 1. The number of amides is 2. The van der Waals surface area contributed by atoms with Crippen LogP contribution in [-0.2, 0) is 23.9 Å². The van der Waals surface area contributed by atoms with Crippen LogP contribution < -0.4 is 0 Å². The molecule has 1 aliphatic heterocycles. The Bertz CT molecular complexity index is 363. The molecule has 1 heterocycles. The van der Waals surface area contributed by atoms with Crippen molar-refractivity contribution in [2.24, 2.45) is 5.92 Å². The molecule has 0 aromatic rings. The Morgan fingerprint density at radius 1 is 1.41 bits per heavy atom. The minimum Gasteiger partial charge on any atom is -0.469 e. The molecule has 0 saturated carbocycles. The van der Waals surface area contributed by atoms with Gasteiger partial charge in [-0.25, -0.2) is 0 Å². The molecule has 0 aliphatic carbocycles. The van der Waals surface area contributed by atoms with Crippen LogP contribution in [0, 0.1) is 5.92 Å². The van der Waals surface area contributed by atoms with Gasteiger partial charge in [0, 0.05) is 25.3 Å². The Kier molecular flexibility index (Phi) is 4.37. The van der Waals surface area contributed by atoms with Crippen LogP contribution in [-0.4, -0.2) is 42.1 Å². The fourth-order valence-electron chi connectivity index (χ4n) is 1.64. The average Bonchev–Trinajstić information content (AvgIpc) is 2.51. The van der Waals surface area contributed by atoms with Gasteiger partial charge in [-0.2, -0.15) is 0 Å². The third-order valence-electron chi connectivity index (χ3n) is 2.65. The lowest BCUT2D eigenvalue weighted by Gasteiger charge is -2.13. The van der Waals surface area contributed by atoms with Crippen LogP contribution in [0.25, 0.3) is 0 Å². The van der Waals surface area contributed by atoms with E-state index in [0.29, 0.717) is 0 Å². The lowest BCUT2D eigenvalue weighted by atomic mass is 10.1. The van der Waals surface area contributed by atoms with Crippen LogP contribution in [0.15, 0.2) is 0 Å². The van der Waals surface area contributed by atoms with Gasteiger partial charge in [-0.1, -0.05) is 6.92 Å². The summed E-state index contributed by atoms with van der Waals surface area (Å²) in [5.74, 6) is -1.76. The first-order valence-corrected chi connectivity index (χ1v) is 5.38. The molecule has 0 N–H and O–H groups in total. The first kappa shape index (κ1) is 13.3. The number of methoxy groups -OCH3 is 1. The summed E-state index contributed by atoms with van der Waals surface area (Å²) in [4.78, 5) is 46.1. The molecule has 6 heteroatoms. The Morgan fingerprint density at radius 3 is 2.53 bits per heavy atom. The van der Waals surface area contributed by atoms with Crippen LogP contribution in [0.5, 0.6) is 0 Å².